The van der Waals surface area contributed by atoms with Gasteiger partial charge in [-0.1, -0.05) is 19.3 Å². The molecule has 3 aliphatic rings. The van der Waals surface area contributed by atoms with Crippen LogP contribution in [0.3, 0.4) is 0 Å². The van der Waals surface area contributed by atoms with Crippen molar-refractivity contribution in [3.63, 3.8) is 0 Å². The van der Waals surface area contributed by atoms with Gasteiger partial charge in [-0.2, -0.15) is 0 Å². The summed E-state index contributed by atoms with van der Waals surface area (Å²) < 4.78 is 0. The van der Waals surface area contributed by atoms with Gasteiger partial charge in [-0.3, -0.25) is 14.4 Å². The molecule has 0 spiro atoms. The second kappa shape index (κ2) is 12.6. The van der Waals surface area contributed by atoms with E-state index in [1.807, 2.05) is 0 Å². The molecule has 12 nitrogen and oxygen atoms in total. The van der Waals surface area contributed by atoms with E-state index in [0.717, 1.165) is 0 Å². The molecule has 3 rings (SSSR count). The van der Waals surface area contributed by atoms with E-state index in [0.29, 0.717) is 19.3 Å². The van der Waals surface area contributed by atoms with Gasteiger partial charge in [-0.15, -0.1) is 0 Å². The molecule has 3 aliphatic heterocycles. The predicted molar refractivity (Wildman–Crippen MR) is 87.1 cm³/mol. The van der Waals surface area contributed by atoms with Crippen molar-refractivity contribution in [2.75, 3.05) is 0 Å². The summed E-state index contributed by atoms with van der Waals surface area (Å²) in [5.74, 6) is -3.87. The molecule has 0 bridgehead atoms. The van der Waals surface area contributed by atoms with Gasteiger partial charge < -0.3 is 45.7 Å². The van der Waals surface area contributed by atoms with Crippen molar-refractivity contribution in [3.05, 3.63) is 16.0 Å². The quantitative estimate of drug-likeness (QED) is 0.463. The van der Waals surface area contributed by atoms with Crippen molar-refractivity contribution in [3.8, 4) is 0 Å². The summed E-state index contributed by atoms with van der Waals surface area (Å²) in [6.07, 6.45) is 1.97. The topological polar surface area (TPSA) is 205 Å². The number of aliphatic carboxylic acids is 3. The first kappa shape index (κ1) is 26.2. The van der Waals surface area contributed by atoms with Crippen LogP contribution in [0.2, 0.25) is 0 Å². The monoisotopic (exact) mass is 526 g/mol. The minimum atomic E-state index is -0.999. The summed E-state index contributed by atoms with van der Waals surface area (Å²) in [7, 11) is 0. The molecule has 151 valence electrons. The first-order chi connectivity index (χ1) is 12.6. The normalized spacial score (nSPS) is 24.9. The number of carbonyl (C=O) groups is 6. The third-order valence-corrected chi connectivity index (χ3v) is 3.65. The van der Waals surface area contributed by atoms with Crippen LogP contribution in [-0.4, -0.2) is 69.1 Å². The van der Waals surface area contributed by atoms with E-state index in [1.165, 1.54) is 0 Å². The Hall–Kier alpha value is -1.83. The van der Waals surface area contributed by atoms with Gasteiger partial charge in [0.2, 0.25) is 0 Å². The van der Waals surface area contributed by atoms with Crippen molar-refractivity contribution in [2.24, 2.45) is 0 Å². The molecule has 1 radical (unpaired) electrons. The molecule has 0 aromatic rings. The summed E-state index contributed by atoms with van der Waals surface area (Å²) in [6.45, 7) is 0. The Morgan fingerprint density at radius 3 is 0.893 bits per heavy atom. The fraction of sp³-hybridized carbons (Fsp3) is 0.600. The average molecular weight is 529 g/mol. The summed E-state index contributed by atoms with van der Waals surface area (Å²) in [5, 5.41) is 34.9. The standard InChI is InChI=1S/3C5H7NO3.Nd/c3*7-4-2-1-3(6-4)5(8)9;/h3*3H,1-2H2,(H2,6,7,8,9);/q;;;+3/p-3. The summed E-state index contributed by atoms with van der Waals surface area (Å²) >= 11 is 0. The van der Waals surface area contributed by atoms with Crippen molar-refractivity contribution >= 4 is 35.6 Å². The predicted octanol–water partition coefficient (Wildman–Crippen LogP) is 0.401. The molecule has 3 unspecified atom stereocenters. The molecule has 3 atom stereocenters. The van der Waals surface area contributed by atoms with Gasteiger partial charge in [0, 0.05) is 0 Å². The number of nitrogens with zero attached hydrogens (tertiary/aromatic N) is 3. The van der Waals surface area contributed by atoms with Gasteiger partial charge in [0.1, 0.15) is 0 Å². The van der Waals surface area contributed by atoms with Crippen molar-refractivity contribution in [1.82, 2.24) is 0 Å². The third kappa shape index (κ3) is 9.39. The van der Waals surface area contributed by atoms with E-state index < -0.39 is 36.0 Å². The number of carboxylic acid groups (broad SMARTS) is 3. The minimum Gasteiger partial charge on any atom is -0.642 e. The number of carbonyl (C=O) groups excluding carboxylic acids is 3. The molecule has 3 heterocycles. The molecule has 3 amide bonds. The van der Waals surface area contributed by atoms with Crippen molar-refractivity contribution < 1.29 is 84.9 Å². The summed E-state index contributed by atoms with van der Waals surface area (Å²) in [5.41, 5.74) is 0. The van der Waals surface area contributed by atoms with Crippen LogP contribution in [-0.2, 0) is 28.8 Å². The molecule has 0 aliphatic carbocycles. The van der Waals surface area contributed by atoms with E-state index in [1.54, 1.807) is 0 Å². The van der Waals surface area contributed by atoms with Gasteiger partial charge >= 0.3 is 40.8 Å². The first-order valence-electron chi connectivity index (χ1n) is 7.99. The van der Waals surface area contributed by atoms with Crippen LogP contribution >= 0.6 is 0 Å². The van der Waals surface area contributed by atoms with Gasteiger partial charge in [-0.25, -0.2) is 0 Å². The Kier molecular flexibility index (Phi) is 11.8. The molecule has 0 aromatic heterocycles. The Morgan fingerprint density at radius 2 is 0.821 bits per heavy atom. The molecule has 3 N–H and O–H groups in total. The summed E-state index contributed by atoms with van der Waals surface area (Å²) in [4.78, 5) is 61.3. The van der Waals surface area contributed by atoms with E-state index in [-0.39, 0.29) is 77.8 Å². The Bertz CT molecular complexity index is 555. The van der Waals surface area contributed by atoms with E-state index in [9.17, 15) is 28.8 Å². The molecule has 28 heavy (non-hydrogen) atoms. The smallest absolute Gasteiger partial charge is 0.642 e. The zero-order chi connectivity index (χ0) is 20.6. The van der Waals surface area contributed by atoms with E-state index >= 15 is 0 Å². The number of amides is 3. The van der Waals surface area contributed by atoms with E-state index in [2.05, 4.69) is 16.0 Å². The zero-order valence-corrected chi connectivity index (χ0v) is 17.8. The average Bonchev–Trinajstić information content (AvgIpc) is 3.30. The first-order valence-corrected chi connectivity index (χ1v) is 7.99. The maximum Gasteiger partial charge on any atom is 3.00 e. The molecule has 3 saturated heterocycles. The van der Waals surface area contributed by atoms with Crippen LogP contribution < -0.4 is 0 Å². The largest absolute Gasteiger partial charge is 3.00 e. The van der Waals surface area contributed by atoms with E-state index in [4.69, 9.17) is 15.3 Å². The number of rotatable bonds is 3. The molecular formula is C15H18N3NdO9. The van der Waals surface area contributed by atoms with Gasteiger partial charge in [0.15, 0.2) is 0 Å². The number of hydrogen-bond acceptors (Lipinski definition) is 6. The van der Waals surface area contributed by atoms with Crippen LogP contribution in [0.25, 0.3) is 16.0 Å². The number of hydrogen-bond donors (Lipinski definition) is 3. The molecule has 0 aromatic carbocycles. The van der Waals surface area contributed by atoms with Crippen LogP contribution in [0.5, 0.6) is 0 Å². The van der Waals surface area contributed by atoms with Gasteiger partial charge in [0.05, 0.1) is 17.7 Å². The fourth-order valence-corrected chi connectivity index (χ4v) is 2.23. The molecular weight excluding hydrogens is 510 g/mol. The molecule has 13 heteroatoms. The molecule has 3 fully saturated rings. The molecule has 0 saturated carbocycles. The van der Waals surface area contributed by atoms with Gasteiger partial charge in [-0.05, 0) is 37.4 Å². The van der Waals surface area contributed by atoms with Crippen LogP contribution in [0.15, 0.2) is 0 Å². The van der Waals surface area contributed by atoms with Crippen LogP contribution in [0, 0.1) is 40.8 Å². The third-order valence-electron chi connectivity index (χ3n) is 3.65. The Balaban J connectivity index is 0.000000384. The van der Waals surface area contributed by atoms with Crippen molar-refractivity contribution in [2.45, 2.75) is 56.7 Å². The second-order valence-corrected chi connectivity index (χ2v) is 5.75. The maximum atomic E-state index is 10.3. The zero-order valence-electron chi connectivity index (χ0n) is 14.6. The second-order valence-electron chi connectivity index (χ2n) is 5.75. The minimum absolute atomic E-state index is 0. The van der Waals surface area contributed by atoms with Crippen LogP contribution in [0.1, 0.15) is 38.5 Å². The van der Waals surface area contributed by atoms with Crippen molar-refractivity contribution in [1.29, 1.82) is 0 Å². The Morgan fingerprint density at radius 1 is 0.607 bits per heavy atom. The Labute approximate surface area is 192 Å². The maximum absolute atomic E-state index is 10.3. The SMILES string of the molecule is O=C1CCC(C(=O)O)[N-]1.O=C1CCC(C(=O)O)[N-]1.O=C1CCC(C(=O)O)[N-]1.[Nd+3]. The number of carboxylic acids is 3. The fourth-order valence-electron chi connectivity index (χ4n) is 2.23. The summed E-state index contributed by atoms with van der Waals surface area (Å²) in [6, 6.07) is -2.30. The van der Waals surface area contributed by atoms with Crippen LogP contribution in [0.4, 0.5) is 0 Å². The van der Waals surface area contributed by atoms with Gasteiger partial charge in [0.25, 0.3) is 17.9 Å².